The van der Waals surface area contributed by atoms with E-state index in [1.54, 1.807) is 12.1 Å². The molecule has 0 saturated carbocycles. The minimum Gasteiger partial charge on any atom is -0.452 e. The fourth-order valence-corrected chi connectivity index (χ4v) is 1.92. The summed E-state index contributed by atoms with van der Waals surface area (Å²) in [5, 5.41) is 2.50. The van der Waals surface area contributed by atoms with Crippen LogP contribution in [0.5, 0.6) is 11.5 Å². The largest absolute Gasteiger partial charge is 0.452 e. The van der Waals surface area contributed by atoms with E-state index in [4.69, 9.17) is 10.5 Å². The van der Waals surface area contributed by atoms with Crippen molar-refractivity contribution in [2.75, 3.05) is 12.8 Å². The van der Waals surface area contributed by atoms with E-state index in [9.17, 15) is 9.18 Å². The van der Waals surface area contributed by atoms with Crippen molar-refractivity contribution in [1.29, 1.82) is 0 Å². The van der Waals surface area contributed by atoms with Crippen molar-refractivity contribution < 1.29 is 13.9 Å². The highest BCUT2D eigenvalue weighted by Gasteiger charge is 2.11. The van der Waals surface area contributed by atoms with Gasteiger partial charge in [-0.15, -0.1) is 0 Å². The number of ether oxygens (including phenoxy) is 1. The lowest BCUT2D eigenvalue weighted by Crippen LogP contribution is -2.17. The Balaban J connectivity index is 2.37. The second kappa shape index (κ2) is 5.92. The predicted molar refractivity (Wildman–Crippen MR) is 78.4 cm³/mol. The first kappa shape index (κ1) is 14.3. The van der Waals surface area contributed by atoms with Crippen LogP contribution in [0.15, 0.2) is 40.9 Å². The van der Waals surface area contributed by atoms with Crippen molar-refractivity contribution in [3.63, 3.8) is 0 Å². The Morgan fingerprint density at radius 3 is 2.70 bits per heavy atom. The number of rotatable bonds is 3. The molecule has 4 nitrogen and oxygen atoms in total. The Kier molecular flexibility index (Phi) is 4.24. The molecule has 2 aromatic rings. The van der Waals surface area contributed by atoms with E-state index >= 15 is 0 Å². The molecule has 0 unspecified atom stereocenters. The summed E-state index contributed by atoms with van der Waals surface area (Å²) in [7, 11) is 1.52. The van der Waals surface area contributed by atoms with Crippen LogP contribution in [0.25, 0.3) is 0 Å². The van der Waals surface area contributed by atoms with Crippen LogP contribution in [0.4, 0.5) is 10.1 Å². The number of nitrogen functional groups attached to an aromatic ring is 1. The van der Waals surface area contributed by atoms with Crippen LogP contribution in [0.3, 0.4) is 0 Å². The number of anilines is 1. The topological polar surface area (TPSA) is 64.4 Å². The molecule has 0 aliphatic carbocycles. The van der Waals surface area contributed by atoms with Crippen molar-refractivity contribution in [3.8, 4) is 11.5 Å². The standard InChI is InChI=1S/C14H12BrFN2O2/c1-18-14(19)8-2-5-11(17)13(6-8)20-12-7-9(15)3-4-10(12)16/h2-7H,17H2,1H3,(H,18,19). The first-order valence-electron chi connectivity index (χ1n) is 5.76. The molecule has 0 aliphatic rings. The van der Waals surface area contributed by atoms with Crippen LogP contribution < -0.4 is 15.8 Å². The molecule has 104 valence electrons. The third kappa shape index (κ3) is 3.08. The molecule has 1 amide bonds. The lowest BCUT2D eigenvalue weighted by Gasteiger charge is -2.11. The fraction of sp³-hybridized carbons (Fsp3) is 0.0714. The van der Waals surface area contributed by atoms with Gasteiger partial charge in [-0.25, -0.2) is 4.39 Å². The van der Waals surface area contributed by atoms with Gasteiger partial charge >= 0.3 is 0 Å². The third-order valence-electron chi connectivity index (χ3n) is 2.62. The highest BCUT2D eigenvalue weighted by atomic mass is 79.9. The summed E-state index contributed by atoms with van der Waals surface area (Å²) >= 11 is 3.24. The van der Waals surface area contributed by atoms with Gasteiger partial charge < -0.3 is 15.8 Å². The van der Waals surface area contributed by atoms with Crippen LogP contribution in [-0.4, -0.2) is 13.0 Å². The maximum atomic E-state index is 13.6. The number of hydrogen-bond acceptors (Lipinski definition) is 3. The number of hydrogen-bond donors (Lipinski definition) is 2. The van der Waals surface area contributed by atoms with Gasteiger partial charge in [0.2, 0.25) is 0 Å². The van der Waals surface area contributed by atoms with Crippen molar-refractivity contribution in [2.24, 2.45) is 0 Å². The van der Waals surface area contributed by atoms with Crippen LogP contribution in [0.2, 0.25) is 0 Å². The van der Waals surface area contributed by atoms with E-state index in [1.807, 2.05) is 0 Å². The molecule has 0 atom stereocenters. The molecule has 2 aromatic carbocycles. The molecule has 0 radical (unpaired) electrons. The second-order valence-corrected chi connectivity index (χ2v) is 4.92. The quantitative estimate of drug-likeness (QED) is 0.843. The summed E-state index contributed by atoms with van der Waals surface area (Å²) in [5.74, 6) is -0.536. The molecule has 3 N–H and O–H groups in total. The normalized spacial score (nSPS) is 10.2. The van der Waals surface area contributed by atoms with Crippen LogP contribution in [0.1, 0.15) is 10.4 Å². The fourth-order valence-electron chi connectivity index (χ4n) is 1.58. The van der Waals surface area contributed by atoms with Gasteiger partial charge in [0.15, 0.2) is 17.3 Å². The molecule has 2 rings (SSSR count). The van der Waals surface area contributed by atoms with Crippen molar-refractivity contribution >= 4 is 27.5 Å². The zero-order valence-electron chi connectivity index (χ0n) is 10.6. The molecule has 6 heteroatoms. The highest BCUT2D eigenvalue weighted by molar-refractivity contribution is 9.10. The first-order chi connectivity index (χ1) is 9.51. The van der Waals surface area contributed by atoms with E-state index in [0.717, 1.165) is 0 Å². The maximum Gasteiger partial charge on any atom is 0.251 e. The second-order valence-electron chi connectivity index (χ2n) is 4.01. The van der Waals surface area contributed by atoms with E-state index < -0.39 is 5.82 Å². The Labute approximate surface area is 123 Å². The number of benzene rings is 2. The molecule has 20 heavy (non-hydrogen) atoms. The zero-order valence-corrected chi connectivity index (χ0v) is 12.2. The van der Waals surface area contributed by atoms with Gasteiger partial charge in [0, 0.05) is 17.1 Å². The van der Waals surface area contributed by atoms with Gasteiger partial charge in [0.05, 0.1) is 5.69 Å². The Hall–Kier alpha value is -2.08. The molecule has 0 heterocycles. The van der Waals surface area contributed by atoms with Gasteiger partial charge in [0.25, 0.3) is 5.91 Å². The minimum absolute atomic E-state index is 0.0279. The van der Waals surface area contributed by atoms with E-state index in [-0.39, 0.29) is 17.4 Å². The molecular weight excluding hydrogens is 327 g/mol. The van der Waals surface area contributed by atoms with Gasteiger partial charge in [-0.1, -0.05) is 15.9 Å². The SMILES string of the molecule is CNC(=O)c1ccc(N)c(Oc2cc(Br)ccc2F)c1. The Bertz CT molecular complexity index is 662. The number of nitrogens with one attached hydrogen (secondary N) is 1. The zero-order chi connectivity index (χ0) is 14.7. The molecule has 0 spiro atoms. The van der Waals surface area contributed by atoms with Crippen LogP contribution in [-0.2, 0) is 0 Å². The minimum atomic E-state index is -0.516. The molecule has 0 saturated heterocycles. The smallest absolute Gasteiger partial charge is 0.251 e. The summed E-state index contributed by atoms with van der Waals surface area (Å²) < 4.78 is 19.8. The third-order valence-corrected chi connectivity index (χ3v) is 3.11. The van der Waals surface area contributed by atoms with Gasteiger partial charge in [-0.2, -0.15) is 0 Å². The Morgan fingerprint density at radius 2 is 2.00 bits per heavy atom. The van der Waals surface area contributed by atoms with E-state index in [2.05, 4.69) is 21.2 Å². The van der Waals surface area contributed by atoms with Crippen LogP contribution >= 0.6 is 15.9 Å². The number of carbonyl (C=O) groups is 1. The molecular formula is C14H12BrFN2O2. The summed E-state index contributed by atoms with van der Waals surface area (Å²) in [5.41, 5.74) is 6.47. The van der Waals surface area contributed by atoms with Crippen molar-refractivity contribution in [2.45, 2.75) is 0 Å². The number of carbonyl (C=O) groups excluding carboxylic acids is 1. The van der Waals surface area contributed by atoms with E-state index in [1.165, 1.54) is 31.3 Å². The summed E-state index contributed by atoms with van der Waals surface area (Å²) in [4.78, 5) is 11.6. The molecule has 0 fully saturated rings. The molecule has 0 aliphatic heterocycles. The van der Waals surface area contributed by atoms with Crippen molar-refractivity contribution in [1.82, 2.24) is 5.32 Å². The average Bonchev–Trinajstić information content (AvgIpc) is 2.44. The van der Waals surface area contributed by atoms with Gasteiger partial charge in [-0.3, -0.25) is 4.79 Å². The maximum absolute atomic E-state index is 13.6. The molecule has 0 aromatic heterocycles. The van der Waals surface area contributed by atoms with Crippen LogP contribution in [0, 0.1) is 5.82 Å². The predicted octanol–water partition coefficient (Wildman–Crippen LogP) is 3.32. The highest BCUT2D eigenvalue weighted by Crippen LogP contribution is 2.31. The Morgan fingerprint density at radius 1 is 1.25 bits per heavy atom. The number of halogens is 2. The summed E-state index contributed by atoms with van der Waals surface area (Å²) in [6, 6.07) is 8.90. The lowest BCUT2D eigenvalue weighted by atomic mass is 10.2. The van der Waals surface area contributed by atoms with E-state index in [0.29, 0.717) is 15.7 Å². The average molecular weight is 339 g/mol. The summed E-state index contributed by atoms with van der Waals surface area (Å²) in [6.07, 6.45) is 0. The van der Waals surface area contributed by atoms with Gasteiger partial charge in [-0.05, 0) is 36.4 Å². The summed E-state index contributed by atoms with van der Waals surface area (Å²) in [6.45, 7) is 0. The number of nitrogens with two attached hydrogens (primary N) is 1. The monoisotopic (exact) mass is 338 g/mol. The first-order valence-corrected chi connectivity index (χ1v) is 6.55. The molecule has 0 bridgehead atoms. The number of amides is 1. The van der Waals surface area contributed by atoms with Gasteiger partial charge in [0.1, 0.15) is 0 Å². The van der Waals surface area contributed by atoms with Crippen molar-refractivity contribution in [3.05, 3.63) is 52.3 Å². The lowest BCUT2D eigenvalue weighted by molar-refractivity contribution is 0.0963.